The number of carboxylic acid groups (broad SMARTS) is 1. The number of nitrogens with two attached hydrogens (primary N) is 1. The van der Waals surface area contributed by atoms with Crippen LogP contribution in [0.3, 0.4) is 0 Å². The fraction of sp³-hybridized carbons (Fsp3) is 0.200. The van der Waals surface area contributed by atoms with E-state index in [2.05, 4.69) is 4.98 Å². The lowest BCUT2D eigenvalue weighted by molar-refractivity contribution is 0.0686. The molecule has 0 aromatic carbocycles. The Labute approximate surface area is 57.1 Å². The maximum absolute atomic E-state index is 10.3. The van der Waals surface area contributed by atoms with Gasteiger partial charge in [0.15, 0.2) is 0 Å². The number of hydrogen-bond acceptors (Lipinski definition) is 3. The Morgan fingerprint density at radius 1 is 1.90 bits per heavy atom. The van der Waals surface area contributed by atoms with Crippen LogP contribution in [-0.2, 0) is 7.05 Å². The van der Waals surface area contributed by atoms with Crippen LogP contribution in [0, 0.1) is 0 Å². The first-order valence-electron chi connectivity index (χ1n) is 2.63. The molecule has 54 valence electrons. The minimum Gasteiger partial charge on any atom is -0.477 e. The Bertz CT molecular complexity index is 266. The van der Waals surface area contributed by atoms with Crippen LogP contribution < -0.4 is 5.73 Å². The van der Waals surface area contributed by atoms with Crippen LogP contribution in [0.4, 0.5) is 5.95 Å². The van der Waals surface area contributed by atoms with Gasteiger partial charge in [-0.1, -0.05) is 0 Å². The van der Waals surface area contributed by atoms with Gasteiger partial charge in [-0.3, -0.25) is 0 Å². The van der Waals surface area contributed by atoms with Crippen molar-refractivity contribution < 1.29 is 9.90 Å². The van der Waals surface area contributed by atoms with Crippen molar-refractivity contribution >= 4 is 11.9 Å². The maximum atomic E-state index is 10.3. The van der Waals surface area contributed by atoms with E-state index in [1.807, 2.05) is 0 Å². The van der Waals surface area contributed by atoms with Crippen molar-refractivity contribution in [1.82, 2.24) is 9.55 Å². The molecule has 0 aliphatic carbocycles. The lowest BCUT2D eigenvalue weighted by Gasteiger charge is -1.95. The van der Waals surface area contributed by atoms with E-state index in [1.165, 1.54) is 10.8 Å². The van der Waals surface area contributed by atoms with Gasteiger partial charge in [0.1, 0.15) is 5.69 Å². The molecule has 5 heteroatoms. The topological polar surface area (TPSA) is 81.1 Å². The molecular weight excluding hydrogens is 134 g/mol. The lowest BCUT2D eigenvalue weighted by Crippen LogP contribution is -2.06. The first kappa shape index (κ1) is 6.60. The highest BCUT2D eigenvalue weighted by molar-refractivity contribution is 5.85. The van der Waals surface area contributed by atoms with Gasteiger partial charge in [0, 0.05) is 7.05 Å². The lowest BCUT2D eigenvalue weighted by atomic mass is 10.5. The molecule has 0 radical (unpaired) electrons. The van der Waals surface area contributed by atoms with Crippen molar-refractivity contribution in [2.75, 3.05) is 5.73 Å². The predicted molar refractivity (Wildman–Crippen MR) is 34.6 cm³/mol. The summed E-state index contributed by atoms with van der Waals surface area (Å²) >= 11 is 0. The van der Waals surface area contributed by atoms with Crippen molar-refractivity contribution in [2.24, 2.45) is 7.05 Å². The molecule has 0 amide bonds. The van der Waals surface area contributed by atoms with Crippen molar-refractivity contribution in [3.8, 4) is 0 Å². The van der Waals surface area contributed by atoms with Crippen LogP contribution in [0.15, 0.2) is 6.20 Å². The molecule has 1 aromatic rings. The second kappa shape index (κ2) is 2.02. The molecule has 1 rings (SSSR count). The number of nitrogen functional groups attached to an aromatic ring is 1. The van der Waals surface area contributed by atoms with E-state index in [4.69, 9.17) is 10.8 Å². The molecule has 1 heterocycles. The summed E-state index contributed by atoms with van der Waals surface area (Å²) in [6.07, 6.45) is 1.22. The minimum absolute atomic E-state index is 0.0949. The summed E-state index contributed by atoms with van der Waals surface area (Å²) < 4.78 is 1.31. The number of anilines is 1. The molecule has 0 spiro atoms. The molecule has 0 atom stereocenters. The summed E-state index contributed by atoms with van der Waals surface area (Å²) in [4.78, 5) is 13.9. The normalized spacial score (nSPS) is 9.70. The summed E-state index contributed by atoms with van der Waals surface area (Å²) in [5.74, 6) is -0.816. The average Bonchev–Trinajstić information content (AvgIpc) is 2.14. The number of aromatic nitrogens is 2. The Kier molecular flexibility index (Phi) is 1.33. The number of rotatable bonds is 1. The zero-order valence-corrected chi connectivity index (χ0v) is 5.40. The zero-order valence-electron chi connectivity index (χ0n) is 5.40. The minimum atomic E-state index is -1.02. The summed E-state index contributed by atoms with van der Waals surface area (Å²) in [6, 6.07) is 0. The number of hydrogen-bond donors (Lipinski definition) is 2. The van der Waals surface area contributed by atoms with E-state index < -0.39 is 5.97 Å². The fourth-order valence-corrected chi connectivity index (χ4v) is 0.623. The number of carboxylic acids is 1. The van der Waals surface area contributed by atoms with Gasteiger partial charge < -0.3 is 15.4 Å². The maximum Gasteiger partial charge on any atom is 0.354 e. The third kappa shape index (κ3) is 0.812. The van der Waals surface area contributed by atoms with Gasteiger partial charge in [0.25, 0.3) is 0 Å². The van der Waals surface area contributed by atoms with Crippen molar-refractivity contribution in [1.29, 1.82) is 0 Å². The quantitative estimate of drug-likeness (QED) is 0.562. The van der Waals surface area contributed by atoms with E-state index in [-0.39, 0.29) is 11.6 Å². The molecule has 0 bridgehead atoms. The fourth-order valence-electron chi connectivity index (χ4n) is 0.623. The number of imidazole rings is 1. The molecule has 0 saturated carbocycles. The molecule has 0 aliphatic heterocycles. The van der Waals surface area contributed by atoms with Gasteiger partial charge in [0.05, 0.1) is 6.20 Å². The third-order valence-electron chi connectivity index (χ3n) is 1.24. The summed E-state index contributed by atoms with van der Waals surface area (Å²) in [5, 5.41) is 8.46. The molecule has 0 unspecified atom stereocenters. The highest BCUT2D eigenvalue weighted by Crippen LogP contribution is 2.02. The highest BCUT2D eigenvalue weighted by Gasteiger charge is 2.08. The van der Waals surface area contributed by atoms with Crippen molar-refractivity contribution in [3.63, 3.8) is 0 Å². The summed E-state index contributed by atoms with van der Waals surface area (Å²) in [5.41, 5.74) is 5.36. The molecular formula is C5H7N3O2. The van der Waals surface area contributed by atoms with E-state index in [1.54, 1.807) is 7.05 Å². The van der Waals surface area contributed by atoms with Crippen LogP contribution in [0.2, 0.25) is 0 Å². The van der Waals surface area contributed by atoms with Gasteiger partial charge in [-0.25, -0.2) is 9.78 Å². The molecule has 0 aliphatic rings. The zero-order chi connectivity index (χ0) is 7.72. The molecule has 0 fully saturated rings. The largest absolute Gasteiger partial charge is 0.477 e. The highest BCUT2D eigenvalue weighted by atomic mass is 16.4. The predicted octanol–water partition coefficient (Wildman–Crippen LogP) is -0.300. The van der Waals surface area contributed by atoms with Crippen LogP contribution in [-0.4, -0.2) is 20.6 Å². The molecule has 3 N–H and O–H groups in total. The van der Waals surface area contributed by atoms with Crippen LogP contribution in [0.5, 0.6) is 0 Å². The van der Waals surface area contributed by atoms with E-state index >= 15 is 0 Å². The van der Waals surface area contributed by atoms with E-state index in [9.17, 15) is 4.79 Å². The molecule has 10 heavy (non-hydrogen) atoms. The Morgan fingerprint density at radius 3 is 2.70 bits per heavy atom. The van der Waals surface area contributed by atoms with Gasteiger partial charge in [-0.05, 0) is 0 Å². The van der Waals surface area contributed by atoms with Crippen LogP contribution in [0.1, 0.15) is 10.5 Å². The molecule has 5 nitrogen and oxygen atoms in total. The SMILES string of the molecule is Cn1c(C(=O)O)cnc1N. The van der Waals surface area contributed by atoms with Crippen LogP contribution >= 0.6 is 0 Å². The van der Waals surface area contributed by atoms with Gasteiger partial charge in [0.2, 0.25) is 5.95 Å². The molecule has 0 saturated heterocycles. The second-order valence-corrected chi connectivity index (χ2v) is 1.87. The van der Waals surface area contributed by atoms with Crippen molar-refractivity contribution in [3.05, 3.63) is 11.9 Å². The van der Waals surface area contributed by atoms with Crippen LogP contribution in [0.25, 0.3) is 0 Å². The summed E-state index contributed by atoms with van der Waals surface area (Å²) in [6.45, 7) is 0. The molecule has 1 aromatic heterocycles. The third-order valence-corrected chi connectivity index (χ3v) is 1.24. The Balaban J connectivity index is 3.17. The van der Waals surface area contributed by atoms with E-state index in [0.29, 0.717) is 0 Å². The monoisotopic (exact) mass is 141 g/mol. The first-order chi connectivity index (χ1) is 4.63. The number of aromatic carboxylic acids is 1. The number of nitrogens with zero attached hydrogens (tertiary/aromatic N) is 2. The van der Waals surface area contributed by atoms with E-state index in [0.717, 1.165) is 0 Å². The van der Waals surface area contributed by atoms with Gasteiger partial charge >= 0.3 is 5.97 Å². The van der Waals surface area contributed by atoms with Gasteiger partial charge in [-0.15, -0.1) is 0 Å². The number of carbonyl (C=O) groups is 1. The van der Waals surface area contributed by atoms with Gasteiger partial charge in [-0.2, -0.15) is 0 Å². The standard InChI is InChI=1S/C5H7N3O2/c1-8-3(4(9)10)2-7-5(8)6/h2H,1H3,(H2,6,7)(H,9,10). The smallest absolute Gasteiger partial charge is 0.354 e. The second-order valence-electron chi connectivity index (χ2n) is 1.87. The first-order valence-corrected chi connectivity index (χ1v) is 2.63. The van der Waals surface area contributed by atoms with Crippen molar-refractivity contribution in [2.45, 2.75) is 0 Å². The Morgan fingerprint density at radius 2 is 2.50 bits per heavy atom. The Hall–Kier alpha value is -1.52. The average molecular weight is 141 g/mol. The summed E-state index contributed by atoms with van der Waals surface area (Å²) in [7, 11) is 1.55.